The van der Waals surface area contributed by atoms with Gasteiger partial charge < -0.3 is 5.32 Å². The Morgan fingerprint density at radius 3 is 2.52 bits per heavy atom. The van der Waals surface area contributed by atoms with Crippen LogP contribution < -0.4 is 5.32 Å². The number of aryl methyl sites for hydroxylation is 1. The van der Waals surface area contributed by atoms with Gasteiger partial charge in [-0.2, -0.15) is 11.8 Å². The maximum Gasteiger partial charge on any atom is 0.224 e. The van der Waals surface area contributed by atoms with Crippen LogP contribution in [0.1, 0.15) is 16.7 Å². The molecular formula is C18H21NOS. The molecule has 2 aromatic rings. The van der Waals surface area contributed by atoms with Crippen molar-refractivity contribution in [2.24, 2.45) is 0 Å². The monoisotopic (exact) mass is 299 g/mol. The highest BCUT2D eigenvalue weighted by Gasteiger charge is 2.02. The zero-order valence-corrected chi connectivity index (χ0v) is 13.2. The van der Waals surface area contributed by atoms with Crippen LogP contribution in [0.15, 0.2) is 54.6 Å². The Morgan fingerprint density at radius 2 is 1.76 bits per heavy atom. The molecule has 0 saturated carbocycles. The number of hydrogen-bond donors (Lipinski definition) is 1. The minimum atomic E-state index is 0.0951. The summed E-state index contributed by atoms with van der Waals surface area (Å²) in [5.41, 5.74) is 3.76. The molecule has 0 unspecified atom stereocenters. The summed E-state index contributed by atoms with van der Waals surface area (Å²) in [5, 5.41) is 2.97. The highest BCUT2D eigenvalue weighted by atomic mass is 32.2. The summed E-state index contributed by atoms with van der Waals surface area (Å²) >= 11 is 1.85. The molecule has 21 heavy (non-hydrogen) atoms. The van der Waals surface area contributed by atoms with Gasteiger partial charge in [-0.1, -0.05) is 54.6 Å². The van der Waals surface area contributed by atoms with E-state index in [0.717, 1.165) is 23.6 Å². The fourth-order valence-electron chi connectivity index (χ4n) is 2.06. The molecule has 2 rings (SSSR count). The van der Waals surface area contributed by atoms with Crippen molar-refractivity contribution >= 4 is 17.7 Å². The van der Waals surface area contributed by atoms with Crippen molar-refractivity contribution in [1.82, 2.24) is 5.32 Å². The summed E-state index contributed by atoms with van der Waals surface area (Å²) in [4.78, 5) is 11.8. The number of hydrogen-bond acceptors (Lipinski definition) is 2. The number of benzene rings is 2. The number of nitrogens with one attached hydrogen (secondary N) is 1. The number of rotatable bonds is 7. The minimum Gasteiger partial charge on any atom is -0.355 e. The van der Waals surface area contributed by atoms with Crippen molar-refractivity contribution in [3.63, 3.8) is 0 Å². The van der Waals surface area contributed by atoms with E-state index < -0.39 is 0 Å². The standard InChI is InChI=1S/C18H21NOS/c1-15-7-5-6-10-17(15)14-21-12-11-19-18(20)13-16-8-3-2-4-9-16/h2-10H,11-14H2,1H3,(H,19,20). The first-order valence-electron chi connectivity index (χ1n) is 7.18. The molecule has 1 N–H and O–H groups in total. The normalized spacial score (nSPS) is 10.3. The van der Waals surface area contributed by atoms with Gasteiger partial charge >= 0.3 is 0 Å². The highest BCUT2D eigenvalue weighted by molar-refractivity contribution is 7.98. The maximum absolute atomic E-state index is 11.8. The Hall–Kier alpha value is -1.74. The first kappa shape index (κ1) is 15.6. The molecule has 0 aromatic heterocycles. The van der Waals surface area contributed by atoms with Crippen molar-refractivity contribution in [3.05, 3.63) is 71.3 Å². The van der Waals surface area contributed by atoms with Crippen LogP contribution in [0.4, 0.5) is 0 Å². The van der Waals surface area contributed by atoms with Crippen LogP contribution in [0.2, 0.25) is 0 Å². The van der Waals surface area contributed by atoms with Gasteiger partial charge in [0.1, 0.15) is 0 Å². The van der Waals surface area contributed by atoms with Crippen LogP contribution in [0.25, 0.3) is 0 Å². The molecule has 0 atom stereocenters. The summed E-state index contributed by atoms with van der Waals surface area (Å²) in [5.74, 6) is 2.04. The van der Waals surface area contributed by atoms with Gasteiger partial charge in [-0.15, -0.1) is 0 Å². The fraction of sp³-hybridized carbons (Fsp3) is 0.278. The van der Waals surface area contributed by atoms with E-state index in [4.69, 9.17) is 0 Å². The summed E-state index contributed by atoms with van der Waals surface area (Å²) in [7, 11) is 0. The van der Waals surface area contributed by atoms with Crippen LogP contribution in [0, 0.1) is 6.92 Å². The average molecular weight is 299 g/mol. The molecule has 0 heterocycles. The van der Waals surface area contributed by atoms with Crippen molar-refractivity contribution in [3.8, 4) is 0 Å². The fourth-order valence-corrected chi connectivity index (χ4v) is 3.00. The number of amides is 1. The van der Waals surface area contributed by atoms with Gasteiger partial charge in [0, 0.05) is 18.1 Å². The summed E-state index contributed by atoms with van der Waals surface area (Å²) in [6.45, 7) is 2.86. The molecule has 0 spiro atoms. The zero-order valence-electron chi connectivity index (χ0n) is 12.3. The van der Waals surface area contributed by atoms with Gasteiger partial charge in [-0.3, -0.25) is 4.79 Å². The Kier molecular flexibility index (Phi) is 6.35. The molecule has 3 heteroatoms. The van der Waals surface area contributed by atoms with Crippen LogP contribution >= 0.6 is 11.8 Å². The van der Waals surface area contributed by atoms with Crippen molar-refractivity contribution in [2.75, 3.05) is 12.3 Å². The second-order valence-corrected chi connectivity index (χ2v) is 6.10. The lowest BCUT2D eigenvalue weighted by atomic mass is 10.1. The first-order chi connectivity index (χ1) is 10.3. The third-order valence-electron chi connectivity index (χ3n) is 3.29. The molecule has 2 aromatic carbocycles. The quantitative estimate of drug-likeness (QED) is 0.792. The first-order valence-corrected chi connectivity index (χ1v) is 8.34. The Morgan fingerprint density at radius 1 is 1.05 bits per heavy atom. The molecule has 0 radical (unpaired) electrons. The van der Waals surface area contributed by atoms with E-state index in [9.17, 15) is 4.79 Å². The van der Waals surface area contributed by atoms with Crippen LogP contribution in [0.5, 0.6) is 0 Å². The molecular weight excluding hydrogens is 278 g/mol. The summed E-state index contributed by atoms with van der Waals surface area (Å²) in [6, 6.07) is 18.3. The van der Waals surface area contributed by atoms with Gasteiger partial charge in [-0.05, 0) is 23.6 Å². The largest absolute Gasteiger partial charge is 0.355 e. The Bertz CT molecular complexity index is 568. The summed E-state index contributed by atoms with van der Waals surface area (Å²) in [6.07, 6.45) is 0.462. The second kappa shape index (κ2) is 8.53. The molecule has 0 aliphatic rings. The van der Waals surface area contributed by atoms with Crippen molar-refractivity contribution in [1.29, 1.82) is 0 Å². The van der Waals surface area contributed by atoms with Crippen molar-refractivity contribution < 1.29 is 4.79 Å². The second-order valence-electron chi connectivity index (χ2n) is 4.99. The molecule has 2 nitrogen and oxygen atoms in total. The predicted molar refractivity (Wildman–Crippen MR) is 90.5 cm³/mol. The third-order valence-corrected chi connectivity index (χ3v) is 4.30. The zero-order chi connectivity index (χ0) is 14.9. The summed E-state index contributed by atoms with van der Waals surface area (Å²) < 4.78 is 0. The lowest BCUT2D eigenvalue weighted by molar-refractivity contribution is -0.120. The van der Waals surface area contributed by atoms with E-state index in [1.807, 2.05) is 42.1 Å². The number of carbonyl (C=O) groups is 1. The minimum absolute atomic E-state index is 0.0951. The third kappa shape index (κ3) is 5.64. The molecule has 0 aliphatic carbocycles. The molecule has 1 amide bonds. The topological polar surface area (TPSA) is 29.1 Å². The van der Waals surface area contributed by atoms with Gasteiger partial charge in [0.25, 0.3) is 0 Å². The van der Waals surface area contributed by atoms with E-state index in [1.165, 1.54) is 11.1 Å². The maximum atomic E-state index is 11.8. The van der Waals surface area contributed by atoms with Crippen LogP contribution in [-0.2, 0) is 17.0 Å². The van der Waals surface area contributed by atoms with Crippen LogP contribution in [-0.4, -0.2) is 18.2 Å². The molecule has 0 aliphatic heterocycles. The van der Waals surface area contributed by atoms with Gasteiger partial charge in [0.05, 0.1) is 6.42 Å². The lowest BCUT2D eigenvalue weighted by Crippen LogP contribution is -2.27. The Balaban J connectivity index is 1.62. The van der Waals surface area contributed by atoms with Crippen LogP contribution in [0.3, 0.4) is 0 Å². The molecule has 110 valence electrons. The number of thioether (sulfide) groups is 1. The lowest BCUT2D eigenvalue weighted by Gasteiger charge is -2.07. The van der Waals surface area contributed by atoms with E-state index >= 15 is 0 Å². The van der Waals surface area contributed by atoms with Gasteiger partial charge in [0.2, 0.25) is 5.91 Å². The van der Waals surface area contributed by atoms with Crippen molar-refractivity contribution in [2.45, 2.75) is 19.1 Å². The van der Waals surface area contributed by atoms with E-state index in [0.29, 0.717) is 6.42 Å². The predicted octanol–water partition coefficient (Wildman–Crippen LogP) is 3.59. The van der Waals surface area contributed by atoms with E-state index in [1.54, 1.807) is 0 Å². The highest BCUT2D eigenvalue weighted by Crippen LogP contribution is 2.15. The SMILES string of the molecule is Cc1ccccc1CSCCNC(=O)Cc1ccccc1. The van der Waals surface area contributed by atoms with E-state index in [-0.39, 0.29) is 5.91 Å². The number of carbonyl (C=O) groups excluding carboxylic acids is 1. The molecule has 0 bridgehead atoms. The molecule has 0 saturated heterocycles. The molecule has 0 fully saturated rings. The smallest absolute Gasteiger partial charge is 0.224 e. The Labute approximate surface area is 131 Å². The average Bonchev–Trinajstić information content (AvgIpc) is 2.50. The van der Waals surface area contributed by atoms with Gasteiger partial charge in [-0.25, -0.2) is 0 Å². The van der Waals surface area contributed by atoms with Gasteiger partial charge in [0.15, 0.2) is 0 Å². The van der Waals surface area contributed by atoms with E-state index in [2.05, 4.69) is 36.5 Å².